The predicted octanol–water partition coefficient (Wildman–Crippen LogP) is 5.66. The maximum atomic E-state index is 16.2. The highest BCUT2D eigenvalue weighted by Gasteiger charge is 2.54. The summed E-state index contributed by atoms with van der Waals surface area (Å²) in [5.74, 6) is -0.793. The summed E-state index contributed by atoms with van der Waals surface area (Å²) in [5.41, 5.74) is 1.42. The number of anilines is 1. The minimum atomic E-state index is -2.25. The van der Waals surface area contributed by atoms with E-state index in [2.05, 4.69) is 48.2 Å². The first-order valence-corrected chi connectivity index (χ1v) is 12.8. The fourth-order valence-electron chi connectivity index (χ4n) is 6.75. The molecule has 2 unspecified atom stereocenters. The van der Waals surface area contributed by atoms with Gasteiger partial charge >= 0.3 is 0 Å². The van der Waals surface area contributed by atoms with Crippen molar-refractivity contribution in [3.8, 4) is 0 Å². The third-order valence-electron chi connectivity index (χ3n) is 8.62. The van der Waals surface area contributed by atoms with Crippen molar-refractivity contribution in [3.63, 3.8) is 0 Å². The summed E-state index contributed by atoms with van der Waals surface area (Å²) >= 11 is 0. The molecule has 0 spiro atoms. The number of nitrogens with zero attached hydrogens (tertiary/aromatic N) is 2. The van der Waals surface area contributed by atoms with E-state index in [1.54, 1.807) is 24.0 Å². The Morgan fingerprint density at radius 1 is 1.00 bits per heavy atom. The van der Waals surface area contributed by atoms with Crippen molar-refractivity contribution in [1.29, 1.82) is 0 Å². The maximum Gasteiger partial charge on any atom is 0.270 e. The molecule has 1 amide bonds. The first-order valence-electron chi connectivity index (χ1n) is 12.8. The molecule has 180 valence electrons. The van der Waals surface area contributed by atoms with Crippen LogP contribution in [0.15, 0.2) is 60.7 Å². The number of ketones is 1. The van der Waals surface area contributed by atoms with E-state index < -0.39 is 11.6 Å². The standard InChI is InChI=1S/C30H31FN2O2/c1-3-23(34)19-30(31)24-11-4-5-13-26(24)33(28(30)35)22-14-16-32(17-15-22)29(2)18-21-10-6-8-20-9-7-12-25(29)27(20)21/h4-13,22H,3,14-19H2,1-2H3. The summed E-state index contributed by atoms with van der Waals surface area (Å²) in [6.45, 7) is 5.73. The molecule has 0 bridgehead atoms. The minimum absolute atomic E-state index is 0.0718. The Kier molecular flexibility index (Phi) is 5.12. The Labute approximate surface area is 205 Å². The van der Waals surface area contributed by atoms with Crippen molar-refractivity contribution < 1.29 is 14.0 Å². The van der Waals surface area contributed by atoms with Gasteiger partial charge in [0.15, 0.2) is 0 Å². The van der Waals surface area contributed by atoms with Crippen LogP contribution in [0.25, 0.3) is 10.8 Å². The molecule has 5 heteroatoms. The molecule has 4 nitrogen and oxygen atoms in total. The number of piperidine rings is 1. The average Bonchev–Trinajstić information content (AvgIpc) is 3.30. The lowest BCUT2D eigenvalue weighted by Crippen LogP contribution is -2.53. The molecule has 2 aliphatic heterocycles. The molecule has 2 atom stereocenters. The van der Waals surface area contributed by atoms with E-state index in [9.17, 15) is 9.59 Å². The Balaban J connectivity index is 1.26. The first kappa shape index (κ1) is 22.4. The van der Waals surface area contributed by atoms with Gasteiger partial charge in [0.1, 0.15) is 5.78 Å². The summed E-state index contributed by atoms with van der Waals surface area (Å²) in [6.07, 6.45) is 2.38. The number of para-hydroxylation sites is 1. The van der Waals surface area contributed by atoms with Crippen LogP contribution < -0.4 is 4.90 Å². The number of carbonyl (C=O) groups is 2. The minimum Gasteiger partial charge on any atom is -0.306 e. The van der Waals surface area contributed by atoms with Crippen molar-refractivity contribution >= 4 is 28.2 Å². The van der Waals surface area contributed by atoms with Crippen LogP contribution >= 0.6 is 0 Å². The maximum absolute atomic E-state index is 16.2. The Morgan fingerprint density at radius 3 is 2.43 bits per heavy atom. The number of benzene rings is 3. The molecule has 1 fully saturated rings. The molecule has 2 heterocycles. The van der Waals surface area contributed by atoms with Crippen molar-refractivity contribution in [1.82, 2.24) is 4.90 Å². The lowest BCUT2D eigenvalue weighted by atomic mass is 9.87. The number of alkyl halides is 1. The van der Waals surface area contributed by atoms with Crippen LogP contribution in [0, 0.1) is 0 Å². The number of fused-ring (bicyclic) bond motifs is 1. The molecule has 0 radical (unpaired) electrons. The van der Waals surface area contributed by atoms with E-state index in [0.717, 1.165) is 32.4 Å². The van der Waals surface area contributed by atoms with E-state index in [-0.39, 0.29) is 30.2 Å². The van der Waals surface area contributed by atoms with Crippen LogP contribution in [0.3, 0.4) is 0 Å². The van der Waals surface area contributed by atoms with Crippen molar-refractivity contribution in [2.45, 2.75) is 63.2 Å². The van der Waals surface area contributed by atoms with E-state index in [4.69, 9.17) is 0 Å². The molecule has 6 rings (SSSR count). The number of hydrogen-bond donors (Lipinski definition) is 0. The summed E-state index contributed by atoms with van der Waals surface area (Å²) < 4.78 is 16.2. The van der Waals surface area contributed by atoms with E-state index in [1.165, 1.54) is 21.9 Å². The molecule has 0 aromatic heterocycles. The molecule has 1 saturated heterocycles. The average molecular weight is 471 g/mol. The highest BCUT2D eigenvalue weighted by Crippen LogP contribution is 2.49. The Morgan fingerprint density at radius 2 is 1.69 bits per heavy atom. The largest absolute Gasteiger partial charge is 0.306 e. The summed E-state index contributed by atoms with van der Waals surface area (Å²) in [4.78, 5) is 29.9. The highest BCUT2D eigenvalue weighted by molar-refractivity contribution is 6.09. The second kappa shape index (κ2) is 7.99. The van der Waals surface area contributed by atoms with E-state index in [1.807, 2.05) is 12.1 Å². The van der Waals surface area contributed by atoms with Crippen molar-refractivity contribution in [3.05, 3.63) is 77.4 Å². The predicted molar refractivity (Wildman–Crippen MR) is 136 cm³/mol. The number of carbonyl (C=O) groups excluding carboxylic acids is 2. The first-order chi connectivity index (χ1) is 16.9. The van der Waals surface area contributed by atoms with Gasteiger partial charge < -0.3 is 4.90 Å². The Bertz CT molecular complexity index is 1340. The summed E-state index contributed by atoms with van der Waals surface area (Å²) in [5, 5.41) is 2.67. The zero-order valence-electron chi connectivity index (χ0n) is 20.4. The zero-order valence-corrected chi connectivity index (χ0v) is 20.4. The quantitative estimate of drug-likeness (QED) is 0.483. The zero-order chi connectivity index (χ0) is 24.4. The molecule has 0 saturated carbocycles. The fraction of sp³-hybridized carbons (Fsp3) is 0.400. The van der Waals surface area contributed by atoms with Gasteiger partial charge in [-0.2, -0.15) is 0 Å². The van der Waals surface area contributed by atoms with Gasteiger partial charge in [-0.1, -0.05) is 61.5 Å². The SMILES string of the molecule is CCC(=O)CC1(F)C(=O)N(C2CCN(C3(C)Cc4cccc5cccc3c45)CC2)c2ccccc21. The molecule has 1 aliphatic carbocycles. The third kappa shape index (κ3) is 3.21. The van der Waals surface area contributed by atoms with Gasteiger partial charge in [-0.15, -0.1) is 0 Å². The Hall–Kier alpha value is -3.05. The fourth-order valence-corrected chi connectivity index (χ4v) is 6.75. The van der Waals surface area contributed by atoms with E-state index >= 15 is 4.39 Å². The third-order valence-corrected chi connectivity index (χ3v) is 8.62. The second-order valence-electron chi connectivity index (χ2n) is 10.6. The lowest BCUT2D eigenvalue weighted by Gasteiger charge is -2.45. The molecule has 3 aromatic carbocycles. The van der Waals surface area contributed by atoms with Crippen molar-refractivity contribution in [2.75, 3.05) is 18.0 Å². The second-order valence-corrected chi connectivity index (χ2v) is 10.6. The molecule has 3 aliphatic rings. The van der Waals surface area contributed by atoms with Gasteiger partial charge in [0, 0.05) is 36.7 Å². The summed E-state index contributed by atoms with van der Waals surface area (Å²) in [6, 6.07) is 20.2. The van der Waals surface area contributed by atoms with Crippen LogP contribution in [-0.2, 0) is 27.2 Å². The number of rotatable bonds is 5. The van der Waals surface area contributed by atoms with Crippen LogP contribution in [0.2, 0.25) is 0 Å². The van der Waals surface area contributed by atoms with Gasteiger partial charge in [-0.25, -0.2) is 4.39 Å². The van der Waals surface area contributed by atoms with Gasteiger partial charge in [0.2, 0.25) is 5.67 Å². The number of hydrogen-bond acceptors (Lipinski definition) is 3. The van der Waals surface area contributed by atoms with Gasteiger partial charge in [-0.3, -0.25) is 14.5 Å². The molecular weight excluding hydrogens is 439 g/mol. The van der Waals surface area contributed by atoms with Crippen LogP contribution in [0.1, 0.15) is 56.2 Å². The molecule has 35 heavy (non-hydrogen) atoms. The number of amides is 1. The topological polar surface area (TPSA) is 40.6 Å². The smallest absolute Gasteiger partial charge is 0.270 e. The normalized spacial score (nSPS) is 26.5. The summed E-state index contributed by atoms with van der Waals surface area (Å²) in [7, 11) is 0. The van der Waals surface area contributed by atoms with Crippen molar-refractivity contribution in [2.24, 2.45) is 0 Å². The van der Waals surface area contributed by atoms with Gasteiger partial charge in [0.05, 0.1) is 12.1 Å². The highest BCUT2D eigenvalue weighted by atomic mass is 19.1. The van der Waals surface area contributed by atoms with Crippen LogP contribution in [0.5, 0.6) is 0 Å². The van der Waals surface area contributed by atoms with Gasteiger partial charge in [-0.05, 0) is 54.2 Å². The number of likely N-dealkylation sites (tertiary alicyclic amines) is 1. The van der Waals surface area contributed by atoms with E-state index in [0.29, 0.717) is 11.3 Å². The van der Waals surface area contributed by atoms with Gasteiger partial charge in [0.25, 0.3) is 5.91 Å². The molecule has 0 N–H and O–H groups in total. The lowest BCUT2D eigenvalue weighted by molar-refractivity contribution is -0.135. The number of Topliss-reactive ketones (excluding diaryl/α,β-unsaturated/α-hetero) is 1. The van der Waals surface area contributed by atoms with Crippen LogP contribution in [0.4, 0.5) is 10.1 Å². The molecular formula is C30H31FN2O2. The van der Waals surface area contributed by atoms with Crippen LogP contribution in [-0.4, -0.2) is 35.7 Å². The molecule has 3 aromatic rings. The number of halogens is 1. The monoisotopic (exact) mass is 470 g/mol.